The topological polar surface area (TPSA) is 47.6 Å². The Morgan fingerprint density at radius 2 is 1.00 bits per heavy atom. The summed E-state index contributed by atoms with van der Waals surface area (Å²) < 4.78 is 0. The van der Waals surface area contributed by atoms with Crippen molar-refractivity contribution in [1.82, 2.24) is 0 Å². The van der Waals surface area contributed by atoms with Crippen LogP contribution in [0, 0.1) is 20.5 Å². The van der Waals surface area contributed by atoms with Gasteiger partial charge in [0, 0.05) is 27.3 Å². The Hall–Kier alpha value is 0.941. The van der Waals surface area contributed by atoms with Crippen LogP contribution in [0.3, 0.4) is 0 Å². The van der Waals surface area contributed by atoms with Gasteiger partial charge in [0.15, 0.2) is 0 Å². The van der Waals surface area contributed by atoms with E-state index in [4.69, 9.17) is 10.5 Å². The molecule has 5 heteroatoms. The van der Waals surface area contributed by atoms with Gasteiger partial charge in [0.25, 0.3) is 0 Å². The predicted octanol–water partition coefficient (Wildman–Crippen LogP) is -1.11. The van der Waals surface area contributed by atoms with E-state index in [9.17, 15) is 0 Å². The second-order valence-corrected chi connectivity index (χ2v) is 0.949. The average molecular weight is 417 g/mol. The standard InChI is InChI=1S/2CNSe.Pb/c2*2-1-3;. The molecular formula is C2N2PbSe2. The van der Waals surface area contributed by atoms with E-state index < -0.39 is 0 Å². The maximum Gasteiger partial charge on any atom is 0 e. The molecule has 0 rings (SSSR count). The molecule has 0 saturated heterocycles. The summed E-state index contributed by atoms with van der Waals surface area (Å²) in [7, 11) is 0. The molecule has 0 aromatic rings. The minimum atomic E-state index is 0. The van der Waals surface area contributed by atoms with Gasteiger partial charge in [-0.25, -0.2) is 0 Å². The summed E-state index contributed by atoms with van der Waals surface area (Å²) in [6.07, 6.45) is 0. The molecular weight excluding hydrogens is 417 g/mol. The first-order chi connectivity index (χ1) is 2.83. The van der Waals surface area contributed by atoms with Crippen molar-refractivity contribution in [2.75, 3.05) is 0 Å². The van der Waals surface area contributed by atoms with Gasteiger partial charge in [0.2, 0.25) is 0 Å². The largest absolute Gasteiger partial charge is 0 e. The van der Waals surface area contributed by atoms with E-state index in [2.05, 4.69) is 32.0 Å². The Morgan fingerprint density at radius 3 is 1.00 bits per heavy atom. The SMILES string of the molecule is N#C[Se].N#C[Se].[Pb]. The van der Waals surface area contributed by atoms with Crippen LogP contribution in [0.25, 0.3) is 0 Å². The van der Waals surface area contributed by atoms with Crippen LogP contribution in [0.15, 0.2) is 0 Å². The zero-order chi connectivity index (χ0) is 5.41. The number of hydrogen-bond acceptors (Lipinski definition) is 2. The molecule has 0 aromatic heterocycles. The average Bonchev–Trinajstić information content (AvgIpc) is 1.39. The van der Waals surface area contributed by atoms with Gasteiger partial charge in [0.1, 0.15) is 0 Å². The minimum Gasteiger partial charge on any atom is 0 e. The van der Waals surface area contributed by atoms with Crippen LogP contribution in [0.4, 0.5) is 0 Å². The Kier molecular flexibility index (Phi) is 63.4. The molecule has 0 atom stereocenters. The van der Waals surface area contributed by atoms with Crippen molar-refractivity contribution in [2.45, 2.75) is 0 Å². The maximum absolute atomic E-state index is 7.26. The molecule has 0 heterocycles. The van der Waals surface area contributed by atoms with E-state index in [-0.39, 0.29) is 27.3 Å². The smallest absolute Gasteiger partial charge is 0 e. The van der Waals surface area contributed by atoms with Crippen molar-refractivity contribution in [3.05, 3.63) is 0 Å². The second-order valence-electron chi connectivity index (χ2n) is 0.183. The molecule has 0 aliphatic heterocycles. The van der Waals surface area contributed by atoms with E-state index >= 15 is 0 Å². The van der Waals surface area contributed by atoms with Crippen molar-refractivity contribution >= 4 is 59.3 Å². The van der Waals surface area contributed by atoms with Crippen molar-refractivity contribution in [3.8, 4) is 9.94 Å². The molecule has 34 valence electrons. The van der Waals surface area contributed by atoms with Gasteiger partial charge in [-0.05, 0) is 0 Å². The molecule has 0 aliphatic carbocycles. The summed E-state index contributed by atoms with van der Waals surface area (Å²) in [5.74, 6) is 0. The molecule has 0 bridgehead atoms. The monoisotopic (exact) mass is 420 g/mol. The fourth-order valence-electron chi connectivity index (χ4n) is 0. The van der Waals surface area contributed by atoms with E-state index in [1.165, 1.54) is 0 Å². The first-order valence-corrected chi connectivity index (χ1v) is 2.57. The second kappa shape index (κ2) is 28.3. The Labute approximate surface area is 79.0 Å². The predicted molar refractivity (Wildman–Crippen MR) is 28.5 cm³/mol. The number of hydrogen-bond donors (Lipinski definition) is 0. The van der Waals surface area contributed by atoms with Gasteiger partial charge in [0.05, 0.1) is 0 Å². The van der Waals surface area contributed by atoms with Crippen molar-refractivity contribution in [1.29, 1.82) is 10.5 Å². The van der Waals surface area contributed by atoms with E-state index in [0.717, 1.165) is 0 Å². The van der Waals surface area contributed by atoms with Crippen LogP contribution in [-0.4, -0.2) is 59.3 Å². The summed E-state index contributed by atoms with van der Waals surface area (Å²) in [6.45, 7) is 0. The van der Waals surface area contributed by atoms with Crippen molar-refractivity contribution in [3.63, 3.8) is 0 Å². The summed E-state index contributed by atoms with van der Waals surface area (Å²) in [5, 5.41) is 14.5. The molecule has 0 N–H and O–H groups in total. The first-order valence-electron chi connectivity index (χ1n) is 0.855. The summed E-state index contributed by atoms with van der Waals surface area (Å²) in [4.78, 5) is 3.25. The molecule has 0 fully saturated rings. The fraction of sp³-hybridized carbons (Fsp3) is 0. The van der Waals surface area contributed by atoms with Crippen LogP contribution >= 0.6 is 0 Å². The Morgan fingerprint density at radius 1 is 1.00 bits per heavy atom. The van der Waals surface area contributed by atoms with Crippen LogP contribution in [0.1, 0.15) is 0 Å². The quantitative estimate of drug-likeness (QED) is 0.470. The zero-order valence-electron chi connectivity index (χ0n) is 3.21. The summed E-state index contributed by atoms with van der Waals surface area (Å²) in [5.41, 5.74) is 0. The summed E-state index contributed by atoms with van der Waals surface area (Å²) >= 11 is 4.22. The van der Waals surface area contributed by atoms with Gasteiger partial charge >= 0.3 is 52.5 Å². The summed E-state index contributed by atoms with van der Waals surface area (Å²) in [6, 6.07) is 0. The first kappa shape index (κ1) is 15.7. The van der Waals surface area contributed by atoms with Gasteiger partial charge in [-0.1, -0.05) is 0 Å². The molecule has 0 aliphatic rings. The van der Waals surface area contributed by atoms with Crippen molar-refractivity contribution < 1.29 is 0 Å². The number of nitriles is 2. The third-order valence-corrected chi connectivity index (χ3v) is 0. The van der Waals surface area contributed by atoms with Gasteiger partial charge in [-0.3, -0.25) is 0 Å². The van der Waals surface area contributed by atoms with E-state index in [1.54, 1.807) is 9.94 Å². The molecule has 0 spiro atoms. The van der Waals surface area contributed by atoms with Gasteiger partial charge in [-0.2, -0.15) is 0 Å². The van der Waals surface area contributed by atoms with E-state index in [0.29, 0.717) is 0 Å². The third-order valence-electron chi connectivity index (χ3n) is 0. The molecule has 0 saturated carbocycles. The maximum atomic E-state index is 7.26. The van der Waals surface area contributed by atoms with Crippen LogP contribution < -0.4 is 0 Å². The molecule has 2 nitrogen and oxygen atoms in total. The third kappa shape index (κ3) is 191. The fourth-order valence-corrected chi connectivity index (χ4v) is 0. The van der Waals surface area contributed by atoms with Crippen LogP contribution in [0.2, 0.25) is 0 Å². The molecule has 0 aromatic carbocycles. The van der Waals surface area contributed by atoms with Crippen LogP contribution in [-0.2, 0) is 0 Å². The zero-order valence-corrected chi connectivity index (χ0v) is 10.5. The number of nitrogens with zero attached hydrogens (tertiary/aromatic N) is 2. The van der Waals surface area contributed by atoms with Gasteiger partial charge < -0.3 is 0 Å². The molecule has 0 amide bonds. The Balaban J connectivity index is -0.0000000400. The molecule has 6 radical (unpaired) electrons. The normalized spacial score (nSPS) is 2.00. The Bertz CT molecular complexity index is 68.7. The van der Waals surface area contributed by atoms with Crippen LogP contribution in [0.5, 0.6) is 0 Å². The van der Waals surface area contributed by atoms with E-state index in [1.807, 2.05) is 0 Å². The molecule has 7 heavy (non-hydrogen) atoms. The van der Waals surface area contributed by atoms with Crippen molar-refractivity contribution in [2.24, 2.45) is 0 Å². The minimum absolute atomic E-state index is 0. The number of rotatable bonds is 0. The molecule has 0 unspecified atom stereocenters. The van der Waals surface area contributed by atoms with Gasteiger partial charge in [-0.15, -0.1) is 0 Å².